The fourth-order valence-corrected chi connectivity index (χ4v) is 2.05. The predicted octanol–water partition coefficient (Wildman–Crippen LogP) is 2.34. The molecule has 2 rings (SSSR count). The number of carbonyl (C=O) groups is 1. The second-order valence-corrected chi connectivity index (χ2v) is 4.86. The number of aryl methyl sites for hydroxylation is 1. The third-order valence-electron chi connectivity index (χ3n) is 3.36. The maximum absolute atomic E-state index is 11.1. The fraction of sp³-hybridized carbons (Fsp3) is 0.250. The Morgan fingerprint density at radius 2 is 2.15 bits per heavy atom. The second-order valence-electron chi connectivity index (χ2n) is 4.86. The zero-order chi connectivity index (χ0) is 14.5. The Kier molecular flexibility index (Phi) is 4.48. The second kappa shape index (κ2) is 6.30. The van der Waals surface area contributed by atoms with Gasteiger partial charge in [0.2, 0.25) is 5.91 Å². The topological polar surface area (TPSA) is 68.0 Å². The van der Waals surface area contributed by atoms with Gasteiger partial charge in [-0.05, 0) is 49.2 Å². The van der Waals surface area contributed by atoms with Crippen LogP contribution < -0.4 is 11.1 Å². The van der Waals surface area contributed by atoms with E-state index in [1.807, 2.05) is 37.3 Å². The van der Waals surface area contributed by atoms with E-state index in [1.165, 1.54) is 0 Å². The number of aromatic nitrogens is 1. The molecule has 0 aliphatic rings. The Hall–Kier alpha value is -2.20. The number of amides is 1. The first-order valence-electron chi connectivity index (χ1n) is 6.61. The fourth-order valence-electron chi connectivity index (χ4n) is 2.05. The summed E-state index contributed by atoms with van der Waals surface area (Å²) in [5, 5.41) is 3.43. The van der Waals surface area contributed by atoms with Crippen LogP contribution in [-0.2, 0) is 6.54 Å². The number of hydrogen-bond acceptors (Lipinski definition) is 3. The maximum atomic E-state index is 11.1. The van der Waals surface area contributed by atoms with Gasteiger partial charge in [0.15, 0.2) is 0 Å². The third-order valence-corrected chi connectivity index (χ3v) is 3.36. The number of nitrogens with two attached hydrogens (primary N) is 1. The molecule has 0 aliphatic heterocycles. The standard InChI is InChI=1S/C16H19N3O/c1-11-9-13(16(17)20)6-7-14(11)10-19-12(2)15-5-3-4-8-18-15/h3-9,12,19H,10H2,1-2H3,(H2,17,20)/t12-/m1/s1. The quantitative estimate of drug-likeness (QED) is 0.875. The summed E-state index contributed by atoms with van der Waals surface area (Å²) < 4.78 is 0. The smallest absolute Gasteiger partial charge is 0.248 e. The lowest BCUT2D eigenvalue weighted by atomic mass is 10.0. The molecule has 0 radical (unpaired) electrons. The molecule has 0 saturated carbocycles. The zero-order valence-corrected chi connectivity index (χ0v) is 11.8. The molecule has 2 aromatic rings. The molecular formula is C16H19N3O. The van der Waals surface area contributed by atoms with Gasteiger partial charge >= 0.3 is 0 Å². The lowest BCUT2D eigenvalue weighted by Gasteiger charge is -2.14. The minimum Gasteiger partial charge on any atom is -0.366 e. The summed E-state index contributed by atoms with van der Waals surface area (Å²) in [6.45, 7) is 4.78. The van der Waals surface area contributed by atoms with Crippen LogP contribution in [0.2, 0.25) is 0 Å². The van der Waals surface area contributed by atoms with Gasteiger partial charge in [-0.25, -0.2) is 0 Å². The van der Waals surface area contributed by atoms with E-state index in [0.717, 1.165) is 23.4 Å². The number of pyridine rings is 1. The maximum Gasteiger partial charge on any atom is 0.248 e. The summed E-state index contributed by atoms with van der Waals surface area (Å²) in [6.07, 6.45) is 1.79. The van der Waals surface area contributed by atoms with Gasteiger partial charge in [0.1, 0.15) is 0 Å². The monoisotopic (exact) mass is 269 g/mol. The van der Waals surface area contributed by atoms with Crippen molar-refractivity contribution in [3.05, 3.63) is 65.0 Å². The molecule has 20 heavy (non-hydrogen) atoms. The van der Waals surface area contributed by atoms with Crippen LogP contribution in [0.15, 0.2) is 42.6 Å². The first-order chi connectivity index (χ1) is 9.58. The van der Waals surface area contributed by atoms with Gasteiger partial charge in [0.05, 0.1) is 5.69 Å². The van der Waals surface area contributed by atoms with Crippen molar-refractivity contribution in [1.29, 1.82) is 0 Å². The molecule has 4 nitrogen and oxygen atoms in total. The number of nitrogens with one attached hydrogen (secondary N) is 1. The van der Waals surface area contributed by atoms with Crippen LogP contribution in [0, 0.1) is 6.92 Å². The molecular weight excluding hydrogens is 250 g/mol. The Labute approximate surface area is 119 Å². The van der Waals surface area contributed by atoms with Gasteiger partial charge in [-0.1, -0.05) is 12.1 Å². The van der Waals surface area contributed by atoms with Crippen molar-refractivity contribution >= 4 is 5.91 Å². The van der Waals surface area contributed by atoms with E-state index in [1.54, 1.807) is 12.3 Å². The largest absolute Gasteiger partial charge is 0.366 e. The molecule has 0 bridgehead atoms. The van der Waals surface area contributed by atoms with Gasteiger partial charge in [-0.3, -0.25) is 9.78 Å². The predicted molar refractivity (Wildman–Crippen MR) is 79.2 cm³/mol. The summed E-state index contributed by atoms with van der Waals surface area (Å²) >= 11 is 0. The van der Waals surface area contributed by atoms with Crippen molar-refractivity contribution in [3.63, 3.8) is 0 Å². The lowest BCUT2D eigenvalue weighted by Crippen LogP contribution is -2.20. The Morgan fingerprint density at radius 1 is 1.35 bits per heavy atom. The normalized spacial score (nSPS) is 12.1. The van der Waals surface area contributed by atoms with Crippen molar-refractivity contribution in [2.75, 3.05) is 0 Å². The minimum absolute atomic E-state index is 0.173. The van der Waals surface area contributed by atoms with Crippen molar-refractivity contribution in [2.45, 2.75) is 26.4 Å². The highest BCUT2D eigenvalue weighted by Gasteiger charge is 2.08. The first kappa shape index (κ1) is 14.2. The average molecular weight is 269 g/mol. The molecule has 1 aromatic carbocycles. The van der Waals surface area contributed by atoms with E-state index in [-0.39, 0.29) is 6.04 Å². The minimum atomic E-state index is -0.394. The summed E-state index contributed by atoms with van der Waals surface area (Å²) in [4.78, 5) is 15.4. The summed E-state index contributed by atoms with van der Waals surface area (Å²) in [7, 11) is 0. The molecule has 1 heterocycles. The average Bonchev–Trinajstić information content (AvgIpc) is 2.46. The molecule has 0 fully saturated rings. The highest BCUT2D eigenvalue weighted by Crippen LogP contribution is 2.13. The molecule has 1 atom stereocenters. The number of rotatable bonds is 5. The van der Waals surface area contributed by atoms with Gasteiger partial charge in [-0.15, -0.1) is 0 Å². The van der Waals surface area contributed by atoms with Gasteiger partial charge in [0, 0.05) is 24.3 Å². The molecule has 1 amide bonds. The first-order valence-corrected chi connectivity index (χ1v) is 6.61. The van der Waals surface area contributed by atoms with Crippen molar-refractivity contribution < 1.29 is 4.79 Å². The van der Waals surface area contributed by atoms with E-state index in [2.05, 4.69) is 17.2 Å². The molecule has 0 spiro atoms. The molecule has 0 saturated heterocycles. The van der Waals surface area contributed by atoms with E-state index in [0.29, 0.717) is 5.56 Å². The van der Waals surface area contributed by atoms with Gasteiger partial charge in [-0.2, -0.15) is 0 Å². The van der Waals surface area contributed by atoms with E-state index in [4.69, 9.17) is 5.73 Å². The highest BCUT2D eigenvalue weighted by atomic mass is 16.1. The lowest BCUT2D eigenvalue weighted by molar-refractivity contribution is 0.1000. The van der Waals surface area contributed by atoms with Crippen LogP contribution in [0.25, 0.3) is 0 Å². The molecule has 0 aliphatic carbocycles. The Balaban J connectivity index is 2.02. The van der Waals surface area contributed by atoms with Crippen molar-refractivity contribution in [3.8, 4) is 0 Å². The van der Waals surface area contributed by atoms with Crippen LogP contribution in [-0.4, -0.2) is 10.9 Å². The number of carbonyl (C=O) groups excluding carboxylic acids is 1. The molecule has 1 aromatic heterocycles. The molecule has 3 N–H and O–H groups in total. The van der Waals surface area contributed by atoms with Crippen molar-refractivity contribution in [1.82, 2.24) is 10.3 Å². The summed E-state index contributed by atoms with van der Waals surface area (Å²) in [5.41, 5.74) is 9.03. The van der Waals surface area contributed by atoms with E-state index in [9.17, 15) is 4.79 Å². The number of hydrogen-bond donors (Lipinski definition) is 2. The third kappa shape index (κ3) is 3.42. The summed E-state index contributed by atoms with van der Waals surface area (Å²) in [5.74, 6) is -0.394. The van der Waals surface area contributed by atoms with Crippen LogP contribution >= 0.6 is 0 Å². The highest BCUT2D eigenvalue weighted by molar-refractivity contribution is 5.93. The van der Waals surface area contributed by atoms with E-state index < -0.39 is 5.91 Å². The van der Waals surface area contributed by atoms with Gasteiger partial charge in [0.25, 0.3) is 0 Å². The summed E-state index contributed by atoms with van der Waals surface area (Å²) in [6, 6.07) is 11.6. The molecule has 0 unspecified atom stereocenters. The van der Waals surface area contributed by atoms with Gasteiger partial charge < -0.3 is 11.1 Å². The molecule has 4 heteroatoms. The Morgan fingerprint density at radius 3 is 2.75 bits per heavy atom. The van der Waals surface area contributed by atoms with E-state index >= 15 is 0 Å². The Bertz CT molecular complexity index is 596. The van der Waals surface area contributed by atoms with Crippen LogP contribution in [0.3, 0.4) is 0 Å². The SMILES string of the molecule is Cc1cc(C(N)=O)ccc1CN[C@H](C)c1ccccn1. The number of primary amides is 1. The zero-order valence-electron chi connectivity index (χ0n) is 11.8. The van der Waals surface area contributed by atoms with Crippen LogP contribution in [0.5, 0.6) is 0 Å². The number of nitrogens with zero attached hydrogens (tertiary/aromatic N) is 1. The molecule has 104 valence electrons. The van der Waals surface area contributed by atoms with Crippen LogP contribution in [0.1, 0.15) is 40.1 Å². The van der Waals surface area contributed by atoms with Crippen molar-refractivity contribution in [2.24, 2.45) is 5.73 Å². The van der Waals surface area contributed by atoms with Crippen LogP contribution in [0.4, 0.5) is 0 Å². The number of benzene rings is 1.